The number of carbonyl (C=O) groups is 2. The van der Waals surface area contributed by atoms with Gasteiger partial charge in [-0.3, -0.25) is 9.59 Å². The first-order valence-corrected chi connectivity index (χ1v) is 5.77. The van der Waals surface area contributed by atoms with Gasteiger partial charge in [0.15, 0.2) is 0 Å². The van der Waals surface area contributed by atoms with E-state index in [2.05, 4.69) is 20.3 Å². The number of likely N-dealkylation sites (tertiary alicyclic amines) is 1. The van der Waals surface area contributed by atoms with E-state index >= 15 is 0 Å². The molecule has 1 unspecified atom stereocenters. The Kier molecular flexibility index (Phi) is 3.45. The molecule has 0 aromatic carbocycles. The zero-order valence-corrected chi connectivity index (χ0v) is 10.0. The van der Waals surface area contributed by atoms with Gasteiger partial charge in [0.05, 0.1) is 0 Å². The van der Waals surface area contributed by atoms with Gasteiger partial charge in [-0.25, -0.2) is 4.63 Å². The van der Waals surface area contributed by atoms with Crippen molar-refractivity contribution in [2.45, 2.75) is 25.8 Å². The predicted molar refractivity (Wildman–Crippen MR) is 61.5 cm³/mol. The molecule has 1 aliphatic rings. The zero-order valence-electron chi connectivity index (χ0n) is 10.0. The maximum atomic E-state index is 12.0. The molecule has 1 atom stereocenters. The summed E-state index contributed by atoms with van der Waals surface area (Å²) in [6.45, 7) is 3.11. The Hall–Kier alpha value is -2.12. The summed E-state index contributed by atoms with van der Waals surface area (Å²) in [5, 5.41) is 9.21. The van der Waals surface area contributed by atoms with E-state index in [1.165, 1.54) is 0 Å². The number of rotatable bonds is 3. The molecule has 98 valence electrons. The van der Waals surface area contributed by atoms with E-state index < -0.39 is 11.9 Å². The summed E-state index contributed by atoms with van der Waals surface area (Å²) >= 11 is 0. The smallest absolute Gasteiger partial charge is 0.278 e. The molecular weight excluding hydrogens is 238 g/mol. The third-order valence-corrected chi connectivity index (χ3v) is 2.86. The van der Waals surface area contributed by atoms with E-state index in [-0.39, 0.29) is 17.4 Å². The van der Waals surface area contributed by atoms with Gasteiger partial charge in [-0.05, 0) is 30.1 Å². The third kappa shape index (κ3) is 2.41. The number of hydrogen-bond acceptors (Lipinski definition) is 6. The Balaban J connectivity index is 1.94. The summed E-state index contributed by atoms with van der Waals surface area (Å²) in [4.78, 5) is 25.4. The van der Waals surface area contributed by atoms with Crippen LogP contribution in [0.1, 0.15) is 30.3 Å². The van der Waals surface area contributed by atoms with Gasteiger partial charge in [0.25, 0.3) is 5.91 Å². The summed E-state index contributed by atoms with van der Waals surface area (Å²) in [5.41, 5.74) is 5.29. The lowest BCUT2D eigenvalue weighted by molar-refractivity contribution is -0.131. The molecule has 8 nitrogen and oxygen atoms in total. The van der Waals surface area contributed by atoms with Crippen molar-refractivity contribution in [3.63, 3.8) is 0 Å². The van der Waals surface area contributed by atoms with Gasteiger partial charge in [0.1, 0.15) is 6.04 Å². The van der Waals surface area contributed by atoms with Crippen LogP contribution in [0, 0.1) is 0 Å². The van der Waals surface area contributed by atoms with Crippen LogP contribution in [-0.4, -0.2) is 46.2 Å². The normalized spacial score (nSPS) is 16.6. The SMILES string of the molecule is CC(NC(=O)c1nonc1N)C(=O)N1CCCC1. The first kappa shape index (κ1) is 12.3. The van der Waals surface area contributed by atoms with E-state index in [0.29, 0.717) is 0 Å². The first-order valence-electron chi connectivity index (χ1n) is 5.77. The van der Waals surface area contributed by atoms with E-state index in [9.17, 15) is 9.59 Å². The van der Waals surface area contributed by atoms with Gasteiger partial charge < -0.3 is 16.0 Å². The molecule has 1 fully saturated rings. The van der Waals surface area contributed by atoms with Crippen LogP contribution in [-0.2, 0) is 4.79 Å². The van der Waals surface area contributed by atoms with Crippen LogP contribution in [0.5, 0.6) is 0 Å². The van der Waals surface area contributed by atoms with Crippen LogP contribution in [0.4, 0.5) is 5.82 Å². The largest absolute Gasteiger partial charge is 0.379 e. The molecule has 1 aliphatic heterocycles. The van der Waals surface area contributed by atoms with Crippen molar-refractivity contribution in [2.75, 3.05) is 18.8 Å². The standard InChI is InChI=1S/C10H15N5O3/c1-6(10(17)15-4-2-3-5-15)12-9(16)7-8(11)14-18-13-7/h6H,2-5H2,1H3,(H2,11,14)(H,12,16). The van der Waals surface area contributed by atoms with Crippen LogP contribution in [0.15, 0.2) is 4.63 Å². The van der Waals surface area contributed by atoms with E-state index in [1.807, 2.05) is 0 Å². The molecule has 0 saturated carbocycles. The number of carbonyl (C=O) groups excluding carboxylic acids is 2. The monoisotopic (exact) mass is 253 g/mol. The highest BCUT2D eigenvalue weighted by Gasteiger charge is 2.26. The summed E-state index contributed by atoms with van der Waals surface area (Å²) in [5.74, 6) is -0.752. The van der Waals surface area contributed by atoms with Crippen molar-refractivity contribution in [1.82, 2.24) is 20.5 Å². The minimum absolute atomic E-state index is 0.0895. The van der Waals surface area contributed by atoms with Crippen LogP contribution >= 0.6 is 0 Å². The van der Waals surface area contributed by atoms with Crippen molar-refractivity contribution in [1.29, 1.82) is 0 Å². The lowest BCUT2D eigenvalue weighted by Gasteiger charge is -2.20. The van der Waals surface area contributed by atoms with E-state index in [0.717, 1.165) is 25.9 Å². The molecule has 1 aromatic rings. The van der Waals surface area contributed by atoms with Crippen molar-refractivity contribution >= 4 is 17.6 Å². The van der Waals surface area contributed by atoms with Crippen molar-refractivity contribution in [2.24, 2.45) is 0 Å². The average Bonchev–Trinajstić information content (AvgIpc) is 2.98. The van der Waals surface area contributed by atoms with Crippen molar-refractivity contribution < 1.29 is 14.2 Å². The van der Waals surface area contributed by atoms with Crippen molar-refractivity contribution in [3.8, 4) is 0 Å². The number of amides is 2. The lowest BCUT2D eigenvalue weighted by atomic mass is 10.2. The second-order valence-corrected chi connectivity index (χ2v) is 4.23. The molecular formula is C10H15N5O3. The second-order valence-electron chi connectivity index (χ2n) is 4.23. The molecule has 0 bridgehead atoms. The third-order valence-electron chi connectivity index (χ3n) is 2.86. The maximum absolute atomic E-state index is 12.0. The molecule has 0 radical (unpaired) electrons. The minimum atomic E-state index is -0.619. The molecule has 3 N–H and O–H groups in total. The predicted octanol–water partition coefficient (Wildman–Crippen LogP) is -0.607. The van der Waals surface area contributed by atoms with Gasteiger partial charge in [0.2, 0.25) is 17.4 Å². The quantitative estimate of drug-likeness (QED) is 0.742. The highest BCUT2D eigenvalue weighted by Crippen LogP contribution is 2.10. The molecule has 2 heterocycles. The molecule has 8 heteroatoms. The molecule has 2 rings (SSSR count). The zero-order chi connectivity index (χ0) is 13.1. The summed E-state index contributed by atoms with van der Waals surface area (Å²) < 4.78 is 4.33. The summed E-state index contributed by atoms with van der Waals surface area (Å²) in [6, 6.07) is -0.619. The minimum Gasteiger partial charge on any atom is -0.379 e. The number of hydrogen-bond donors (Lipinski definition) is 2. The topological polar surface area (TPSA) is 114 Å². The Bertz CT molecular complexity index is 452. The highest BCUT2D eigenvalue weighted by molar-refractivity contribution is 5.98. The van der Waals surface area contributed by atoms with Gasteiger partial charge in [-0.1, -0.05) is 0 Å². The fourth-order valence-corrected chi connectivity index (χ4v) is 1.89. The van der Waals surface area contributed by atoms with E-state index in [1.54, 1.807) is 11.8 Å². The molecule has 0 aliphatic carbocycles. The number of nitrogens with one attached hydrogen (secondary N) is 1. The lowest BCUT2D eigenvalue weighted by Crippen LogP contribution is -2.46. The Morgan fingerprint density at radius 1 is 1.39 bits per heavy atom. The molecule has 1 aromatic heterocycles. The number of aromatic nitrogens is 2. The van der Waals surface area contributed by atoms with Crippen molar-refractivity contribution in [3.05, 3.63) is 5.69 Å². The Morgan fingerprint density at radius 2 is 2.06 bits per heavy atom. The van der Waals surface area contributed by atoms with Gasteiger partial charge >= 0.3 is 0 Å². The average molecular weight is 253 g/mol. The fraction of sp³-hybridized carbons (Fsp3) is 0.600. The van der Waals surface area contributed by atoms with Gasteiger partial charge in [-0.15, -0.1) is 0 Å². The molecule has 18 heavy (non-hydrogen) atoms. The van der Waals surface area contributed by atoms with Gasteiger partial charge in [0, 0.05) is 13.1 Å². The maximum Gasteiger partial charge on any atom is 0.278 e. The summed E-state index contributed by atoms with van der Waals surface area (Å²) in [6.07, 6.45) is 2.01. The highest BCUT2D eigenvalue weighted by atomic mass is 16.6. The fourth-order valence-electron chi connectivity index (χ4n) is 1.89. The molecule has 1 saturated heterocycles. The number of nitrogen functional groups attached to an aromatic ring is 1. The first-order chi connectivity index (χ1) is 8.59. The second kappa shape index (κ2) is 5.03. The van der Waals surface area contributed by atoms with Crippen LogP contribution < -0.4 is 11.1 Å². The van der Waals surface area contributed by atoms with Crippen LogP contribution in [0.2, 0.25) is 0 Å². The molecule has 0 spiro atoms. The Labute approximate surface area is 103 Å². The number of anilines is 1. The van der Waals surface area contributed by atoms with Crippen LogP contribution in [0.25, 0.3) is 0 Å². The molecule has 2 amide bonds. The summed E-state index contributed by atoms with van der Waals surface area (Å²) in [7, 11) is 0. The number of nitrogens with two attached hydrogens (primary N) is 1. The Morgan fingerprint density at radius 3 is 2.61 bits per heavy atom. The number of nitrogens with zero attached hydrogens (tertiary/aromatic N) is 3. The van der Waals surface area contributed by atoms with Crippen LogP contribution in [0.3, 0.4) is 0 Å². The van der Waals surface area contributed by atoms with E-state index in [4.69, 9.17) is 5.73 Å². The van der Waals surface area contributed by atoms with Gasteiger partial charge in [-0.2, -0.15) is 0 Å².